The quantitative estimate of drug-likeness (QED) is 0.796. The molecule has 0 atom stereocenters. The minimum Gasteiger partial charge on any atom is -0.310 e. The third kappa shape index (κ3) is 3.49. The Labute approximate surface area is 97.5 Å². The first-order chi connectivity index (χ1) is 7.78. The van der Waals surface area contributed by atoms with Crippen LogP contribution in [-0.2, 0) is 6.54 Å². The molecule has 3 heteroatoms. The highest BCUT2D eigenvalue weighted by molar-refractivity contribution is 5.50. The molecule has 0 radical (unpaired) electrons. The fraction of sp³-hybridized carbons (Fsp3) is 0.615. The van der Waals surface area contributed by atoms with Gasteiger partial charge in [-0.1, -0.05) is 18.6 Å². The summed E-state index contributed by atoms with van der Waals surface area (Å²) in [6, 6.07) is 0.783. The average Bonchev–Trinajstić information content (AvgIpc) is 2.99. The van der Waals surface area contributed by atoms with Gasteiger partial charge in [-0.2, -0.15) is 5.10 Å². The van der Waals surface area contributed by atoms with Gasteiger partial charge in [-0.25, -0.2) is 0 Å². The lowest BCUT2D eigenvalue weighted by Crippen LogP contribution is -2.18. The summed E-state index contributed by atoms with van der Waals surface area (Å²) in [6.07, 6.45) is 10.1. The summed E-state index contributed by atoms with van der Waals surface area (Å²) in [4.78, 5) is 0. The standard InChI is InChI=1S/C13H21N3/c1-3-6-16-10-12(9-15-16)7-11(2)8-14-13-4-5-13/h7,9-10,13-14H,3-6,8H2,1-2H3/b11-7-. The molecule has 0 aromatic carbocycles. The molecule has 0 saturated heterocycles. The second-order valence-electron chi connectivity index (χ2n) is 4.68. The summed E-state index contributed by atoms with van der Waals surface area (Å²) in [5, 5.41) is 7.83. The predicted octanol–water partition coefficient (Wildman–Crippen LogP) is 2.45. The van der Waals surface area contributed by atoms with Crippen molar-refractivity contribution in [2.24, 2.45) is 0 Å². The number of aromatic nitrogens is 2. The van der Waals surface area contributed by atoms with Crippen molar-refractivity contribution in [3.05, 3.63) is 23.5 Å². The van der Waals surface area contributed by atoms with E-state index in [1.807, 2.05) is 10.9 Å². The molecule has 1 saturated carbocycles. The maximum absolute atomic E-state index is 4.32. The molecule has 0 unspecified atom stereocenters. The van der Waals surface area contributed by atoms with Gasteiger partial charge in [0.05, 0.1) is 6.20 Å². The second-order valence-corrected chi connectivity index (χ2v) is 4.68. The van der Waals surface area contributed by atoms with Gasteiger partial charge < -0.3 is 5.32 Å². The van der Waals surface area contributed by atoms with Gasteiger partial charge in [0.2, 0.25) is 0 Å². The van der Waals surface area contributed by atoms with Gasteiger partial charge in [-0.3, -0.25) is 4.68 Å². The largest absolute Gasteiger partial charge is 0.310 e. The van der Waals surface area contributed by atoms with Crippen molar-refractivity contribution in [3.8, 4) is 0 Å². The predicted molar refractivity (Wildman–Crippen MR) is 67.2 cm³/mol. The van der Waals surface area contributed by atoms with E-state index in [-0.39, 0.29) is 0 Å². The van der Waals surface area contributed by atoms with Gasteiger partial charge in [-0.15, -0.1) is 0 Å². The minimum absolute atomic E-state index is 0.783. The van der Waals surface area contributed by atoms with Crippen molar-refractivity contribution < 1.29 is 0 Å². The molecule has 0 amide bonds. The zero-order valence-electron chi connectivity index (χ0n) is 10.2. The number of rotatable bonds is 6. The number of hydrogen-bond donors (Lipinski definition) is 1. The molecule has 0 aliphatic heterocycles. The molecule has 1 aromatic rings. The maximum atomic E-state index is 4.32. The molecule has 3 nitrogen and oxygen atoms in total. The maximum Gasteiger partial charge on any atom is 0.0562 e. The third-order valence-electron chi connectivity index (χ3n) is 2.77. The Morgan fingerprint density at radius 3 is 3.12 bits per heavy atom. The van der Waals surface area contributed by atoms with E-state index in [9.17, 15) is 0 Å². The van der Waals surface area contributed by atoms with Crippen LogP contribution in [0.3, 0.4) is 0 Å². The average molecular weight is 219 g/mol. The van der Waals surface area contributed by atoms with E-state index in [0.717, 1.165) is 25.6 Å². The van der Waals surface area contributed by atoms with E-state index in [4.69, 9.17) is 0 Å². The van der Waals surface area contributed by atoms with E-state index in [0.29, 0.717) is 0 Å². The van der Waals surface area contributed by atoms with Gasteiger partial charge in [0.25, 0.3) is 0 Å². The first kappa shape index (κ1) is 11.4. The topological polar surface area (TPSA) is 29.9 Å². The molecular weight excluding hydrogens is 198 g/mol. The zero-order valence-corrected chi connectivity index (χ0v) is 10.2. The Bertz CT molecular complexity index is 361. The van der Waals surface area contributed by atoms with E-state index >= 15 is 0 Å². The van der Waals surface area contributed by atoms with Crippen LogP contribution in [0.1, 0.15) is 38.7 Å². The van der Waals surface area contributed by atoms with Crippen LogP contribution in [0.5, 0.6) is 0 Å². The highest BCUT2D eigenvalue weighted by Gasteiger charge is 2.19. The molecule has 1 aliphatic rings. The Kier molecular flexibility index (Phi) is 3.78. The van der Waals surface area contributed by atoms with Gasteiger partial charge in [-0.05, 0) is 26.2 Å². The van der Waals surface area contributed by atoms with E-state index in [1.165, 1.54) is 24.0 Å². The van der Waals surface area contributed by atoms with Gasteiger partial charge in [0.15, 0.2) is 0 Å². The molecule has 0 bridgehead atoms. The van der Waals surface area contributed by atoms with Crippen molar-refractivity contribution >= 4 is 6.08 Å². The summed E-state index contributed by atoms with van der Waals surface area (Å²) < 4.78 is 2.01. The molecule has 88 valence electrons. The second kappa shape index (κ2) is 5.30. The van der Waals surface area contributed by atoms with Crippen LogP contribution in [0, 0.1) is 0 Å². The van der Waals surface area contributed by atoms with Crippen molar-refractivity contribution in [3.63, 3.8) is 0 Å². The molecule has 1 aliphatic carbocycles. The van der Waals surface area contributed by atoms with Crippen LogP contribution in [-0.4, -0.2) is 22.4 Å². The Morgan fingerprint density at radius 2 is 2.44 bits per heavy atom. The molecule has 1 heterocycles. The molecule has 1 fully saturated rings. The summed E-state index contributed by atoms with van der Waals surface area (Å²) in [5.41, 5.74) is 2.59. The van der Waals surface area contributed by atoms with Gasteiger partial charge >= 0.3 is 0 Å². The lowest BCUT2D eigenvalue weighted by Gasteiger charge is -2.01. The van der Waals surface area contributed by atoms with Gasteiger partial charge in [0, 0.05) is 30.9 Å². The van der Waals surface area contributed by atoms with E-state index in [2.05, 4.69) is 36.5 Å². The first-order valence-corrected chi connectivity index (χ1v) is 6.21. The fourth-order valence-corrected chi connectivity index (χ4v) is 1.73. The Morgan fingerprint density at radius 1 is 1.62 bits per heavy atom. The molecular formula is C13H21N3. The third-order valence-corrected chi connectivity index (χ3v) is 2.77. The number of hydrogen-bond acceptors (Lipinski definition) is 2. The van der Waals surface area contributed by atoms with Crippen molar-refractivity contribution in [2.45, 2.75) is 45.7 Å². The molecule has 1 N–H and O–H groups in total. The highest BCUT2D eigenvalue weighted by Crippen LogP contribution is 2.18. The summed E-state index contributed by atoms with van der Waals surface area (Å²) in [6.45, 7) is 6.35. The van der Waals surface area contributed by atoms with E-state index < -0.39 is 0 Å². The number of nitrogens with one attached hydrogen (secondary N) is 1. The monoisotopic (exact) mass is 219 g/mol. The number of nitrogens with zero attached hydrogens (tertiary/aromatic N) is 2. The lowest BCUT2D eigenvalue weighted by atomic mass is 10.2. The highest BCUT2D eigenvalue weighted by atomic mass is 15.3. The Hall–Kier alpha value is -1.09. The molecule has 2 rings (SSSR count). The number of aryl methyl sites for hydroxylation is 1. The fourth-order valence-electron chi connectivity index (χ4n) is 1.73. The van der Waals surface area contributed by atoms with Crippen LogP contribution in [0.15, 0.2) is 18.0 Å². The summed E-state index contributed by atoms with van der Waals surface area (Å²) in [5.74, 6) is 0. The lowest BCUT2D eigenvalue weighted by molar-refractivity contribution is 0.602. The first-order valence-electron chi connectivity index (χ1n) is 6.21. The molecule has 1 aromatic heterocycles. The Balaban J connectivity index is 1.86. The van der Waals surface area contributed by atoms with Crippen LogP contribution in [0.2, 0.25) is 0 Å². The smallest absolute Gasteiger partial charge is 0.0562 e. The van der Waals surface area contributed by atoms with Crippen molar-refractivity contribution in [1.82, 2.24) is 15.1 Å². The van der Waals surface area contributed by atoms with Gasteiger partial charge in [0.1, 0.15) is 0 Å². The molecule has 0 spiro atoms. The normalized spacial score (nSPS) is 16.8. The van der Waals surface area contributed by atoms with Crippen LogP contribution >= 0.6 is 0 Å². The van der Waals surface area contributed by atoms with Crippen molar-refractivity contribution in [2.75, 3.05) is 6.54 Å². The minimum atomic E-state index is 0.783. The molecule has 16 heavy (non-hydrogen) atoms. The van der Waals surface area contributed by atoms with Crippen LogP contribution in [0.25, 0.3) is 6.08 Å². The van der Waals surface area contributed by atoms with Crippen LogP contribution in [0.4, 0.5) is 0 Å². The van der Waals surface area contributed by atoms with E-state index in [1.54, 1.807) is 0 Å². The summed E-state index contributed by atoms with van der Waals surface area (Å²) >= 11 is 0. The van der Waals surface area contributed by atoms with Crippen LogP contribution < -0.4 is 5.32 Å². The van der Waals surface area contributed by atoms with Crippen molar-refractivity contribution in [1.29, 1.82) is 0 Å². The summed E-state index contributed by atoms with van der Waals surface area (Å²) in [7, 11) is 0. The zero-order chi connectivity index (χ0) is 11.4. The SMILES string of the molecule is CCCn1cc(/C=C(/C)CNC2CC2)cn1.